The lowest BCUT2D eigenvalue weighted by Crippen LogP contribution is -2.52. The zero-order valence-electron chi connectivity index (χ0n) is 10.5. The molecule has 0 aromatic heterocycles. The lowest BCUT2D eigenvalue weighted by molar-refractivity contribution is -0.138. The van der Waals surface area contributed by atoms with Crippen LogP contribution < -0.4 is 0 Å². The summed E-state index contributed by atoms with van der Waals surface area (Å²) in [7, 11) is 0. The monoisotopic (exact) mass is 210 g/mol. The molecule has 1 heteroatoms. The minimum atomic E-state index is -0.269. The van der Waals surface area contributed by atoms with Gasteiger partial charge in [0.15, 0.2) is 0 Å². The largest absolute Gasteiger partial charge is 0.390 e. The maximum atomic E-state index is 10.5. The highest BCUT2D eigenvalue weighted by Gasteiger charge is 2.49. The SMILES string of the molecule is CC1CCC(C2(O)CC(C(C)C)C2)CC1. The van der Waals surface area contributed by atoms with Gasteiger partial charge in [-0.1, -0.05) is 33.6 Å². The van der Waals surface area contributed by atoms with E-state index in [0.717, 1.165) is 30.6 Å². The van der Waals surface area contributed by atoms with Gasteiger partial charge in [-0.15, -0.1) is 0 Å². The number of aliphatic hydroxyl groups is 1. The molecule has 0 heterocycles. The number of hydrogen-bond acceptors (Lipinski definition) is 1. The summed E-state index contributed by atoms with van der Waals surface area (Å²) in [4.78, 5) is 0. The minimum Gasteiger partial charge on any atom is -0.390 e. The molecule has 0 saturated heterocycles. The van der Waals surface area contributed by atoms with Crippen LogP contribution in [0.1, 0.15) is 59.3 Å². The Hall–Kier alpha value is -0.0400. The zero-order chi connectivity index (χ0) is 11.1. The molecule has 1 nitrogen and oxygen atoms in total. The molecule has 0 radical (unpaired) electrons. The van der Waals surface area contributed by atoms with Crippen molar-refractivity contribution in [2.24, 2.45) is 23.7 Å². The van der Waals surface area contributed by atoms with Crippen LogP contribution in [0, 0.1) is 23.7 Å². The second-order valence-electron chi connectivity index (χ2n) is 6.47. The van der Waals surface area contributed by atoms with E-state index >= 15 is 0 Å². The predicted octanol–water partition coefficient (Wildman–Crippen LogP) is 3.61. The molecule has 0 unspecified atom stereocenters. The summed E-state index contributed by atoms with van der Waals surface area (Å²) in [6.45, 7) is 6.92. The first-order chi connectivity index (χ1) is 7.01. The van der Waals surface area contributed by atoms with Crippen molar-refractivity contribution in [3.05, 3.63) is 0 Å². The van der Waals surface area contributed by atoms with E-state index in [1.807, 2.05) is 0 Å². The Morgan fingerprint density at radius 3 is 2.07 bits per heavy atom. The minimum absolute atomic E-state index is 0.269. The smallest absolute Gasteiger partial charge is 0.0681 e. The molecule has 2 fully saturated rings. The Bertz CT molecular complexity index is 207. The number of hydrogen-bond donors (Lipinski definition) is 1. The van der Waals surface area contributed by atoms with Gasteiger partial charge in [0.25, 0.3) is 0 Å². The molecule has 1 N–H and O–H groups in total. The van der Waals surface area contributed by atoms with Gasteiger partial charge in [0.1, 0.15) is 0 Å². The van der Waals surface area contributed by atoms with E-state index in [2.05, 4.69) is 20.8 Å². The quantitative estimate of drug-likeness (QED) is 0.738. The fourth-order valence-electron chi connectivity index (χ4n) is 3.45. The van der Waals surface area contributed by atoms with Crippen molar-refractivity contribution >= 4 is 0 Å². The Morgan fingerprint density at radius 2 is 1.60 bits per heavy atom. The van der Waals surface area contributed by atoms with Gasteiger partial charge in [-0.25, -0.2) is 0 Å². The summed E-state index contributed by atoms with van der Waals surface area (Å²) in [5.41, 5.74) is -0.269. The van der Waals surface area contributed by atoms with E-state index in [-0.39, 0.29) is 5.60 Å². The number of rotatable bonds is 2. The molecule has 0 aromatic carbocycles. The van der Waals surface area contributed by atoms with Crippen LogP contribution in [0.15, 0.2) is 0 Å². The van der Waals surface area contributed by atoms with Crippen LogP contribution in [0.5, 0.6) is 0 Å². The highest BCUT2D eigenvalue weighted by atomic mass is 16.3. The van der Waals surface area contributed by atoms with Crippen molar-refractivity contribution in [2.75, 3.05) is 0 Å². The fraction of sp³-hybridized carbons (Fsp3) is 1.00. The van der Waals surface area contributed by atoms with Crippen LogP contribution in [0.3, 0.4) is 0 Å². The molecule has 0 aliphatic heterocycles. The molecule has 0 aromatic rings. The van der Waals surface area contributed by atoms with Gasteiger partial charge in [-0.2, -0.15) is 0 Å². The molecule has 2 aliphatic rings. The van der Waals surface area contributed by atoms with Crippen LogP contribution in [-0.4, -0.2) is 10.7 Å². The van der Waals surface area contributed by atoms with E-state index in [9.17, 15) is 5.11 Å². The molecule has 88 valence electrons. The van der Waals surface area contributed by atoms with Crippen LogP contribution in [-0.2, 0) is 0 Å². The molecule has 2 rings (SSSR count). The van der Waals surface area contributed by atoms with E-state index in [1.54, 1.807) is 0 Å². The van der Waals surface area contributed by atoms with Gasteiger partial charge in [0.2, 0.25) is 0 Å². The summed E-state index contributed by atoms with van der Waals surface area (Å²) >= 11 is 0. The third kappa shape index (κ3) is 2.22. The molecular formula is C14H26O. The molecule has 0 bridgehead atoms. The van der Waals surface area contributed by atoms with Crippen LogP contribution in [0.2, 0.25) is 0 Å². The summed E-state index contributed by atoms with van der Waals surface area (Å²) in [5, 5.41) is 10.5. The third-order valence-electron chi connectivity index (χ3n) is 4.95. The van der Waals surface area contributed by atoms with Gasteiger partial charge in [0.05, 0.1) is 5.60 Å². The summed E-state index contributed by atoms with van der Waals surface area (Å²) < 4.78 is 0. The molecule has 2 aliphatic carbocycles. The Balaban J connectivity index is 1.85. The van der Waals surface area contributed by atoms with Crippen molar-refractivity contribution in [3.8, 4) is 0 Å². The average molecular weight is 210 g/mol. The second-order valence-corrected chi connectivity index (χ2v) is 6.47. The third-order valence-corrected chi connectivity index (χ3v) is 4.95. The molecule has 2 saturated carbocycles. The van der Waals surface area contributed by atoms with Crippen molar-refractivity contribution < 1.29 is 5.11 Å². The second kappa shape index (κ2) is 4.08. The van der Waals surface area contributed by atoms with Crippen molar-refractivity contribution in [2.45, 2.75) is 64.9 Å². The van der Waals surface area contributed by atoms with Crippen LogP contribution in [0.4, 0.5) is 0 Å². The standard InChI is InChI=1S/C14H26O/c1-10(2)12-8-14(15,9-12)13-6-4-11(3)5-7-13/h10-13,15H,4-9H2,1-3H3. The van der Waals surface area contributed by atoms with Gasteiger partial charge >= 0.3 is 0 Å². The van der Waals surface area contributed by atoms with Crippen LogP contribution in [0.25, 0.3) is 0 Å². The summed E-state index contributed by atoms with van der Waals surface area (Å²) in [5.74, 6) is 3.05. The molecule has 0 spiro atoms. The normalized spacial score (nSPS) is 46.6. The Kier molecular flexibility index (Phi) is 3.12. The molecule has 0 atom stereocenters. The molecule has 0 amide bonds. The maximum Gasteiger partial charge on any atom is 0.0681 e. The van der Waals surface area contributed by atoms with E-state index < -0.39 is 0 Å². The van der Waals surface area contributed by atoms with Gasteiger partial charge < -0.3 is 5.11 Å². The highest BCUT2D eigenvalue weighted by molar-refractivity contribution is 5.00. The first-order valence-corrected chi connectivity index (χ1v) is 6.73. The van der Waals surface area contributed by atoms with E-state index in [4.69, 9.17) is 0 Å². The van der Waals surface area contributed by atoms with Crippen molar-refractivity contribution in [1.29, 1.82) is 0 Å². The summed E-state index contributed by atoms with van der Waals surface area (Å²) in [6.07, 6.45) is 7.34. The van der Waals surface area contributed by atoms with E-state index in [1.165, 1.54) is 25.7 Å². The lowest BCUT2D eigenvalue weighted by Gasteiger charge is -2.51. The van der Waals surface area contributed by atoms with Crippen molar-refractivity contribution in [1.82, 2.24) is 0 Å². The first kappa shape index (κ1) is 11.4. The van der Waals surface area contributed by atoms with E-state index in [0.29, 0.717) is 5.92 Å². The lowest BCUT2D eigenvalue weighted by atomic mass is 9.58. The van der Waals surface area contributed by atoms with Gasteiger partial charge in [-0.3, -0.25) is 0 Å². The maximum absolute atomic E-state index is 10.5. The van der Waals surface area contributed by atoms with Crippen LogP contribution >= 0.6 is 0 Å². The molecular weight excluding hydrogens is 184 g/mol. The zero-order valence-corrected chi connectivity index (χ0v) is 10.5. The first-order valence-electron chi connectivity index (χ1n) is 6.73. The Labute approximate surface area is 94.3 Å². The average Bonchev–Trinajstić information content (AvgIpc) is 2.13. The predicted molar refractivity (Wildman–Crippen MR) is 63.6 cm³/mol. The highest BCUT2D eigenvalue weighted by Crippen LogP contribution is 2.50. The van der Waals surface area contributed by atoms with Crippen molar-refractivity contribution in [3.63, 3.8) is 0 Å². The Morgan fingerprint density at radius 1 is 1.07 bits per heavy atom. The topological polar surface area (TPSA) is 20.2 Å². The van der Waals surface area contributed by atoms with Gasteiger partial charge in [-0.05, 0) is 49.4 Å². The summed E-state index contributed by atoms with van der Waals surface area (Å²) in [6, 6.07) is 0. The molecule has 15 heavy (non-hydrogen) atoms. The fourth-order valence-corrected chi connectivity index (χ4v) is 3.45. The van der Waals surface area contributed by atoms with Gasteiger partial charge in [0, 0.05) is 0 Å².